The molecule has 1 saturated carbocycles. The average molecular weight is 377 g/mol. The number of hydrogen-bond acceptors (Lipinski definition) is 4. The Morgan fingerprint density at radius 2 is 2.07 bits per heavy atom. The molecule has 7 heteroatoms. The van der Waals surface area contributed by atoms with Gasteiger partial charge in [-0.2, -0.15) is 0 Å². The van der Waals surface area contributed by atoms with Crippen LogP contribution < -0.4 is 10.6 Å². The van der Waals surface area contributed by atoms with Crippen LogP contribution >= 0.6 is 0 Å². The van der Waals surface area contributed by atoms with Crippen LogP contribution in [0.3, 0.4) is 0 Å². The molecule has 1 aromatic heterocycles. The first-order chi connectivity index (χ1) is 13.3. The van der Waals surface area contributed by atoms with E-state index >= 15 is 0 Å². The molecule has 152 valence electrons. The number of rotatable bonds is 9. The second kappa shape index (κ2) is 10.1. The zero-order valence-electron chi connectivity index (χ0n) is 17.1. The highest BCUT2D eigenvalue weighted by atomic mass is 16.5. The highest BCUT2D eigenvalue weighted by Gasteiger charge is 2.36. The van der Waals surface area contributed by atoms with E-state index in [9.17, 15) is 0 Å². The molecule has 2 heterocycles. The average Bonchev–Trinajstić information content (AvgIpc) is 2.88. The summed E-state index contributed by atoms with van der Waals surface area (Å²) in [5.41, 5.74) is 0.396. The molecule has 1 aliphatic carbocycles. The van der Waals surface area contributed by atoms with Gasteiger partial charge in [0.1, 0.15) is 11.6 Å². The fourth-order valence-corrected chi connectivity index (χ4v) is 4.19. The lowest BCUT2D eigenvalue weighted by Crippen LogP contribution is -2.47. The van der Waals surface area contributed by atoms with Gasteiger partial charge in [0.05, 0.1) is 0 Å². The molecule has 0 spiro atoms. The number of aromatic nitrogens is 3. The molecule has 0 radical (unpaired) electrons. The van der Waals surface area contributed by atoms with E-state index in [1.165, 1.54) is 44.3 Å². The highest BCUT2D eigenvalue weighted by Crippen LogP contribution is 2.43. The monoisotopic (exact) mass is 376 g/mol. The number of nitrogens with zero attached hydrogens (tertiary/aromatic N) is 4. The van der Waals surface area contributed by atoms with E-state index in [-0.39, 0.29) is 0 Å². The van der Waals surface area contributed by atoms with E-state index in [1.54, 1.807) is 7.11 Å². The number of aliphatic imine (C=N–C) groups is 1. The van der Waals surface area contributed by atoms with E-state index in [2.05, 4.69) is 30.4 Å². The van der Waals surface area contributed by atoms with Crippen LogP contribution in [0.5, 0.6) is 0 Å². The van der Waals surface area contributed by atoms with Gasteiger partial charge in [0.15, 0.2) is 5.96 Å². The van der Waals surface area contributed by atoms with Crippen molar-refractivity contribution in [3.8, 4) is 0 Å². The molecule has 0 unspecified atom stereocenters. The van der Waals surface area contributed by atoms with Crippen molar-refractivity contribution in [2.75, 3.05) is 33.9 Å². The minimum Gasteiger partial charge on any atom is -0.385 e. The van der Waals surface area contributed by atoms with Gasteiger partial charge in [-0.15, -0.1) is 10.2 Å². The molecule has 2 N–H and O–H groups in total. The minimum absolute atomic E-state index is 0.396. The third kappa shape index (κ3) is 5.43. The molecule has 0 saturated heterocycles. The summed E-state index contributed by atoms with van der Waals surface area (Å²) >= 11 is 0. The van der Waals surface area contributed by atoms with Gasteiger partial charge in [-0.25, -0.2) is 0 Å². The van der Waals surface area contributed by atoms with Gasteiger partial charge in [-0.3, -0.25) is 4.99 Å². The summed E-state index contributed by atoms with van der Waals surface area (Å²) in [4.78, 5) is 4.38. The highest BCUT2D eigenvalue weighted by molar-refractivity contribution is 5.79. The number of guanidine groups is 1. The Bertz CT molecular complexity index is 608. The van der Waals surface area contributed by atoms with Crippen molar-refractivity contribution in [2.24, 2.45) is 10.4 Å². The Hall–Kier alpha value is -1.63. The van der Waals surface area contributed by atoms with E-state index in [0.717, 1.165) is 63.7 Å². The number of ether oxygens (including phenoxy) is 1. The summed E-state index contributed by atoms with van der Waals surface area (Å²) in [5, 5.41) is 15.8. The van der Waals surface area contributed by atoms with Crippen LogP contribution in [0.4, 0.5) is 0 Å². The van der Waals surface area contributed by atoms with Gasteiger partial charge >= 0.3 is 0 Å². The molecule has 27 heavy (non-hydrogen) atoms. The van der Waals surface area contributed by atoms with Gasteiger partial charge in [-0.1, -0.05) is 12.8 Å². The first kappa shape index (κ1) is 20.1. The lowest BCUT2D eigenvalue weighted by molar-refractivity contribution is 0.0732. The van der Waals surface area contributed by atoms with Crippen LogP contribution in [0.2, 0.25) is 0 Å². The van der Waals surface area contributed by atoms with Crippen molar-refractivity contribution in [1.82, 2.24) is 25.4 Å². The standard InChI is InChI=1S/C20H36N6O/c1-21-19(23-16-20(10-7-11-20)12-15-27-2)22-13-6-9-18-25-24-17-8-4-3-5-14-26(17)18/h3-16H2,1-2H3,(H2,21,22,23). The van der Waals surface area contributed by atoms with Crippen LogP contribution in [0, 0.1) is 5.41 Å². The Kier molecular flexibility index (Phi) is 7.50. The van der Waals surface area contributed by atoms with Crippen molar-refractivity contribution in [2.45, 2.75) is 70.8 Å². The second-order valence-electron chi connectivity index (χ2n) is 8.05. The van der Waals surface area contributed by atoms with Crippen LogP contribution in [0.25, 0.3) is 0 Å². The van der Waals surface area contributed by atoms with E-state index in [0.29, 0.717) is 5.41 Å². The molecule has 0 amide bonds. The van der Waals surface area contributed by atoms with E-state index < -0.39 is 0 Å². The smallest absolute Gasteiger partial charge is 0.190 e. The maximum Gasteiger partial charge on any atom is 0.190 e. The predicted octanol–water partition coefficient (Wildman–Crippen LogP) is 2.31. The summed E-state index contributed by atoms with van der Waals surface area (Å²) in [6.07, 6.45) is 11.9. The Morgan fingerprint density at radius 1 is 1.19 bits per heavy atom. The third-order valence-electron chi connectivity index (χ3n) is 6.16. The lowest BCUT2D eigenvalue weighted by atomic mass is 9.67. The number of aryl methyl sites for hydroxylation is 2. The zero-order chi connectivity index (χ0) is 19.0. The van der Waals surface area contributed by atoms with Gasteiger partial charge in [-0.05, 0) is 43.9 Å². The number of methoxy groups -OCH3 is 1. The van der Waals surface area contributed by atoms with Crippen molar-refractivity contribution >= 4 is 5.96 Å². The van der Waals surface area contributed by atoms with Crippen molar-refractivity contribution in [3.63, 3.8) is 0 Å². The summed E-state index contributed by atoms with van der Waals surface area (Å²) in [5.74, 6) is 3.22. The Labute approximate surface area is 163 Å². The zero-order valence-corrected chi connectivity index (χ0v) is 17.1. The van der Waals surface area contributed by atoms with Gasteiger partial charge in [0.2, 0.25) is 0 Å². The van der Waals surface area contributed by atoms with E-state index in [4.69, 9.17) is 4.74 Å². The normalized spacial score (nSPS) is 19.1. The molecular weight excluding hydrogens is 340 g/mol. The predicted molar refractivity (Wildman–Crippen MR) is 108 cm³/mol. The van der Waals surface area contributed by atoms with Crippen LogP contribution in [0.15, 0.2) is 4.99 Å². The minimum atomic E-state index is 0.396. The first-order valence-electron chi connectivity index (χ1n) is 10.6. The van der Waals surface area contributed by atoms with Crippen molar-refractivity contribution in [3.05, 3.63) is 11.6 Å². The molecule has 0 aromatic carbocycles. The maximum atomic E-state index is 5.28. The largest absolute Gasteiger partial charge is 0.385 e. The van der Waals surface area contributed by atoms with Crippen molar-refractivity contribution < 1.29 is 4.74 Å². The molecule has 0 atom stereocenters. The lowest BCUT2D eigenvalue weighted by Gasteiger charge is -2.42. The SMILES string of the molecule is CN=C(NCCCc1nnc2n1CCCCC2)NCC1(CCOC)CCC1. The van der Waals surface area contributed by atoms with Gasteiger partial charge in [0.25, 0.3) is 0 Å². The maximum absolute atomic E-state index is 5.28. The third-order valence-corrected chi connectivity index (χ3v) is 6.16. The van der Waals surface area contributed by atoms with Crippen LogP contribution in [-0.4, -0.2) is 54.6 Å². The van der Waals surface area contributed by atoms with Gasteiger partial charge in [0, 0.05) is 53.2 Å². The number of hydrogen-bond donors (Lipinski definition) is 2. The summed E-state index contributed by atoms with van der Waals surface area (Å²) in [6, 6.07) is 0. The molecule has 1 aliphatic heterocycles. The molecule has 1 aromatic rings. The van der Waals surface area contributed by atoms with Gasteiger partial charge < -0.3 is 19.9 Å². The Morgan fingerprint density at radius 3 is 2.81 bits per heavy atom. The quantitative estimate of drug-likeness (QED) is 0.393. The summed E-state index contributed by atoms with van der Waals surface area (Å²) in [7, 11) is 3.63. The second-order valence-corrected chi connectivity index (χ2v) is 8.05. The molecule has 1 fully saturated rings. The van der Waals surface area contributed by atoms with Crippen LogP contribution in [0.1, 0.15) is 63.0 Å². The number of nitrogens with one attached hydrogen (secondary N) is 2. The Balaban J connectivity index is 1.38. The molecule has 2 aliphatic rings. The molecular formula is C20H36N6O. The summed E-state index contributed by atoms with van der Waals surface area (Å²) in [6.45, 7) is 3.80. The fourth-order valence-electron chi connectivity index (χ4n) is 4.19. The first-order valence-corrected chi connectivity index (χ1v) is 10.6. The molecule has 0 bridgehead atoms. The van der Waals surface area contributed by atoms with E-state index in [1.807, 2.05) is 7.05 Å². The topological polar surface area (TPSA) is 76.4 Å². The molecule has 7 nitrogen and oxygen atoms in total. The number of fused-ring (bicyclic) bond motifs is 1. The van der Waals surface area contributed by atoms with Crippen molar-refractivity contribution in [1.29, 1.82) is 0 Å². The fraction of sp³-hybridized carbons (Fsp3) is 0.850. The summed E-state index contributed by atoms with van der Waals surface area (Å²) < 4.78 is 7.63. The van der Waals surface area contributed by atoms with Crippen LogP contribution in [-0.2, 0) is 24.1 Å². The molecule has 3 rings (SSSR count).